The quantitative estimate of drug-likeness (QED) is 0.811. The molecule has 2 aromatic carbocycles. The summed E-state index contributed by atoms with van der Waals surface area (Å²) in [5, 5.41) is 0. The van der Waals surface area contributed by atoms with Gasteiger partial charge < -0.3 is 5.73 Å². The average molecular weight is 371 g/mol. The molecule has 0 heterocycles. The maximum Gasteiger partial charge on any atom is 0.261 e. The van der Waals surface area contributed by atoms with Gasteiger partial charge in [0.15, 0.2) is 0 Å². The first-order valence-electron chi connectivity index (χ1n) is 5.57. The van der Waals surface area contributed by atoms with Crippen molar-refractivity contribution in [3.63, 3.8) is 0 Å². The van der Waals surface area contributed by atoms with Crippen LogP contribution in [0.1, 0.15) is 5.56 Å². The van der Waals surface area contributed by atoms with E-state index in [2.05, 4.69) is 20.7 Å². The van der Waals surface area contributed by atoms with Crippen LogP contribution in [0.3, 0.4) is 0 Å². The first kappa shape index (κ1) is 15.0. The molecule has 2 aromatic rings. The molecule has 0 aliphatic heterocycles. The second-order valence-electron chi connectivity index (χ2n) is 4.00. The second-order valence-corrected chi connectivity index (χ2v) is 7.04. The molecule has 4 nitrogen and oxygen atoms in total. The van der Waals surface area contributed by atoms with E-state index in [1.165, 1.54) is 12.1 Å². The molecule has 0 fully saturated rings. The summed E-state index contributed by atoms with van der Waals surface area (Å²) in [6, 6.07) is 13.0. The Balaban J connectivity index is 2.33. The monoisotopic (exact) mass is 370 g/mol. The molecule has 0 aliphatic rings. The van der Waals surface area contributed by atoms with Gasteiger partial charge in [-0.1, -0.05) is 40.3 Å². The van der Waals surface area contributed by atoms with Gasteiger partial charge in [0, 0.05) is 15.7 Å². The Morgan fingerprint density at radius 2 is 1.80 bits per heavy atom. The number of hydrogen-bond acceptors (Lipinski definition) is 3. The summed E-state index contributed by atoms with van der Waals surface area (Å²) in [5.74, 6) is 0. The number of thiocarbonyl (C=S) groups is 1. The lowest BCUT2D eigenvalue weighted by Gasteiger charge is -2.09. The van der Waals surface area contributed by atoms with Gasteiger partial charge in [-0.3, -0.25) is 4.72 Å². The van der Waals surface area contributed by atoms with E-state index in [9.17, 15) is 8.42 Å². The minimum Gasteiger partial charge on any atom is -0.389 e. The standard InChI is InChI=1S/C13H11BrN2O2S2/c14-10-4-6-11(7-5-10)16-20(17,18)12-3-1-2-9(8-12)13(15)19/h1-8,16H,(H2,15,19). The topological polar surface area (TPSA) is 72.2 Å². The summed E-state index contributed by atoms with van der Waals surface area (Å²) < 4.78 is 27.9. The van der Waals surface area contributed by atoms with Gasteiger partial charge >= 0.3 is 0 Å². The van der Waals surface area contributed by atoms with Gasteiger partial charge in [-0.2, -0.15) is 0 Å². The molecule has 3 N–H and O–H groups in total. The van der Waals surface area contributed by atoms with E-state index >= 15 is 0 Å². The SMILES string of the molecule is NC(=S)c1cccc(S(=O)(=O)Nc2ccc(Br)cc2)c1. The van der Waals surface area contributed by atoms with E-state index in [4.69, 9.17) is 18.0 Å². The molecule has 0 amide bonds. The normalized spacial score (nSPS) is 11.1. The van der Waals surface area contributed by atoms with Crippen molar-refractivity contribution < 1.29 is 8.42 Å². The molecule has 0 aromatic heterocycles. The number of sulfonamides is 1. The second kappa shape index (κ2) is 5.90. The van der Waals surface area contributed by atoms with Crippen LogP contribution >= 0.6 is 28.1 Å². The summed E-state index contributed by atoms with van der Waals surface area (Å²) in [6.07, 6.45) is 0. The van der Waals surface area contributed by atoms with E-state index in [-0.39, 0.29) is 9.88 Å². The van der Waals surface area contributed by atoms with Gasteiger partial charge in [0.05, 0.1) is 4.90 Å². The Kier molecular flexibility index (Phi) is 4.42. The highest BCUT2D eigenvalue weighted by atomic mass is 79.9. The van der Waals surface area contributed by atoms with Crippen molar-refractivity contribution in [1.82, 2.24) is 0 Å². The van der Waals surface area contributed by atoms with Crippen LogP contribution in [0.4, 0.5) is 5.69 Å². The lowest BCUT2D eigenvalue weighted by Crippen LogP contribution is -2.15. The smallest absolute Gasteiger partial charge is 0.261 e. The largest absolute Gasteiger partial charge is 0.389 e. The average Bonchev–Trinajstić information content (AvgIpc) is 2.41. The van der Waals surface area contributed by atoms with E-state index in [1.807, 2.05) is 0 Å². The minimum atomic E-state index is -3.66. The molecule has 0 aliphatic carbocycles. The Hall–Kier alpha value is -1.44. The van der Waals surface area contributed by atoms with Gasteiger partial charge in [0.1, 0.15) is 4.99 Å². The highest BCUT2D eigenvalue weighted by Gasteiger charge is 2.15. The summed E-state index contributed by atoms with van der Waals surface area (Å²) in [5.41, 5.74) is 6.50. The molecule has 20 heavy (non-hydrogen) atoms. The molecule has 104 valence electrons. The van der Waals surface area contributed by atoms with E-state index < -0.39 is 10.0 Å². The van der Waals surface area contributed by atoms with Gasteiger partial charge in [-0.05, 0) is 36.4 Å². The van der Waals surface area contributed by atoms with E-state index in [0.717, 1.165) is 4.47 Å². The highest BCUT2D eigenvalue weighted by molar-refractivity contribution is 9.10. The third-order valence-corrected chi connectivity index (χ3v) is 4.67. The first-order chi connectivity index (χ1) is 9.38. The van der Waals surface area contributed by atoms with Gasteiger partial charge in [-0.15, -0.1) is 0 Å². The molecule has 0 saturated carbocycles. The number of benzene rings is 2. The van der Waals surface area contributed by atoms with Crippen LogP contribution in [0.5, 0.6) is 0 Å². The predicted molar refractivity (Wildman–Crippen MR) is 87.3 cm³/mol. The van der Waals surface area contributed by atoms with Crippen LogP contribution in [-0.4, -0.2) is 13.4 Å². The molecule has 0 saturated heterocycles. The van der Waals surface area contributed by atoms with E-state index in [0.29, 0.717) is 11.3 Å². The number of nitrogens with one attached hydrogen (secondary N) is 1. The number of halogens is 1. The summed E-state index contributed by atoms with van der Waals surface area (Å²) in [7, 11) is -3.66. The van der Waals surface area contributed by atoms with Crippen molar-refractivity contribution in [2.75, 3.05) is 4.72 Å². The maximum absolute atomic E-state index is 12.3. The van der Waals surface area contributed by atoms with Crippen LogP contribution in [0.2, 0.25) is 0 Å². The van der Waals surface area contributed by atoms with Crippen LogP contribution in [0, 0.1) is 0 Å². The van der Waals surface area contributed by atoms with Gasteiger partial charge in [0.25, 0.3) is 10.0 Å². The molecular formula is C13H11BrN2O2S2. The summed E-state index contributed by atoms with van der Waals surface area (Å²) in [4.78, 5) is 0.274. The van der Waals surface area contributed by atoms with Crippen molar-refractivity contribution in [3.8, 4) is 0 Å². The minimum absolute atomic E-state index is 0.116. The van der Waals surface area contributed by atoms with E-state index in [1.54, 1.807) is 36.4 Å². The molecular weight excluding hydrogens is 360 g/mol. The fourth-order valence-electron chi connectivity index (χ4n) is 1.55. The Labute approximate surface area is 131 Å². The zero-order valence-corrected chi connectivity index (χ0v) is 13.4. The van der Waals surface area contributed by atoms with Crippen molar-refractivity contribution in [3.05, 3.63) is 58.6 Å². The molecule has 0 atom stereocenters. The number of rotatable bonds is 4. The Morgan fingerprint density at radius 3 is 2.40 bits per heavy atom. The van der Waals surface area contributed by atoms with Crippen LogP contribution in [0.25, 0.3) is 0 Å². The molecule has 7 heteroatoms. The zero-order valence-electron chi connectivity index (χ0n) is 10.2. The molecule has 0 bridgehead atoms. The fraction of sp³-hybridized carbons (Fsp3) is 0. The molecule has 2 rings (SSSR count). The Morgan fingerprint density at radius 1 is 1.15 bits per heavy atom. The summed E-state index contributed by atoms with van der Waals surface area (Å²) in [6.45, 7) is 0. The predicted octanol–water partition coefficient (Wildman–Crippen LogP) is 2.88. The fourth-order valence-corrected chi connectivity index (χ4v) is 3.04. The number of nitrogens with two attached hydrogens (primary N) is 1. The van der Waals surface area contributed by atoms with Crippen LogP contribution < -0.4 is 10.5 Å². The third-order valence-electron chi connectivity index (χ3n) is 2.53. The van der Waals surface area contributed by atoms with Crippen LogP contribution in [-0.2, 0) is 10.0 Å². The van der Waals surface area contributed by atoms with Crippen molar-refractivity contribution in [1.29, 1.82) is 0 Å². The number of hydrogen-bond donors (Lipinski definition) is 2. The number of anilines is 1. The lowest BCUT2D eigenvalue weighted by molar-refractivity contribution is 0.601. The zero-order chi connectivity index (χ0) is 14.8. The highest BCUT2D eigenvalue weighted by Crippen LogP contribution is 2.19. The molecule has 0 spiro atoms. The van der Waals surface area contributed by atoms with Gasteiger partial charge in [0.2, 0.25) is 0 Å². The molecule has 0 unspecified atom stereocenters. The third kappa shape index (κ3) is 3.56. The maximum atomic E-state index is 12.3. The van der Waals surface area contributed by atoms with Crippen molar-refractivity contribution in [2.24, 2.45) is 5.73 Å². The molecule has 0 radical (unpaired) electrons. The summed E-state index contributed by atoms with van der Waals surface area (Å²) >= 11 is 8.14. The van der Waals surface area contributed by atoms with Crippen molar-refractivity contribution in [2.45, 2.75) is 4.90 Å². The Bertz CT molecular complexity index is 743. The lowest BCUT2D eigenvalue weighted by atomic mass is 10.2. The van der Waals surface area contributed by atoms with Gasteiger partial charge in [-0.25, -0.2) is 8.42 Å². The first-order valence-corrected chi connectivity index (χ1v) is 8.25. The van der Waals surface area contributed by atoms with Crippen molar-refractivity contribution >= 4 is 48.8 Å². The van der Waals surface area contributed by atoms with Crippen LogP contribution in [0.15, 0.2) is 57.9 Å².